The van der Waals surface area contributed by atoms with E-state index in [-0.39, 0.29) is 6.61 Å². The number of amides is 2. The smallest absolute Gasteiger partial charge is 0.413 e. The van der Waals surface area contributed by atoms with Gasteiger partial charge in [0, 0.05) is 17.5 Å². The molecule has 0 bridgehead atoms. The Kier molecular flexibility index (Phi) is 7.18. The lowest BCUT2D eigenvalue weighted by Gasteiger charge is -2.22. The average molecular weight is 373 g/mol. The normalized spacial score (nSPS) is 13.1. The molecule has 0 saturated heterocycles. The minimum absolute atomic E-state index is 0.244. The summed E-state index contributed by atoms with van der Waals surface area (Å²) in [4.78, 5) is 28.4. The van der Waals surface area contributed by atoms with Gasteiger partial charge in [-0.05, 0) is 41.5 Å². The molecule has 1 atom stereocenters. The molecule has 0 aromatic carbocycles. The first-order chi connectivity index (χ1) is 11.4. The van der Waals surface area contributed by atoms with E-state index in [4.69, 9.17) is 9.47 Å². The summed E-state index contributed by atoms with van der Waals surface area (Å²) in [6.45, 7) is 10.4. The summed E-state index contributed by atoms with van der Waals surface area (Å²) in [5.41, 5.74) is -1.21. The predicted molar refractivity (Wildman–Crippen MR) is 95.9 cm³/mol. The molecule has 0 aliphatic heterocycles. The van der Waals surface area contributed by atoms with E-state index in [0.717, 1.165) is 4.88 Å². The maximum Gasteiger partial charge on any atom is 0.413 e. The van der Waals surface area contributed by atoms with Crippen LogP contribution in [-0.4, -0.2) is 46.1 Å². The highest BCUT2D eigenvalue weighted by molar-refractivity contribution is 7.15. The third-order valence-electron chi connectivity index (χ3n) is 2.55. The van der Waals surface area contributed by atoms with Gasteiger partial charge in [0.1, 0.15) is 11.2 Å². The van der Waals surface area contributed by atoms with Gasteiger partial charge in [0.25, 0.3) is 0 Å². The summed E-state index contributed by atoms with van der Waals surface area (Å²) in [5.74, 6) is 0. The van der Waals surface area contributed by atoms with E-state index in [1.165, 1.54) is 11.3 Å². The molecule has 1 rings (SSSR count). The van der Waals surface area contributed by atoms with Gasteiger partial charge in [-0.1, -0.05) is 0 Å². The molecule has 9 heteroatoms. The Morgan fingerprint density at radius 3 is 2.24 bits per heavy atom. The van der Waals surface area contributed by atoms with Crippen molar-refractivity contribution < 1.29 is 24.2 Å². The van der Waals surface area contributed by atoms with Gasteiger partial charge in [0.15, 0.2) is 5.13 Å². The standard InChI is InChI=1S/C16H27N3O5S/c1-15(2,3)23-13(21)18-10(9-20)7-11-8-17-12(25-11)19-14(22)24-16(4,5)6/h8,10,20H,7,9H2,1-6H3,(H,18,21)(H,17,19,22). The van der Waals surface area contributed by atoms with Crippen molar-refractivity contribution in [2.45, 2.75) is 65.2 Å². The largest absolute Gasteiger partial charge is 0.444 e. The molecule has 8 nitrogen and oxygen atoms in total. The zero-order valence-corrected chi connectivity index (χ0v) is 16.3. The summed E-state index contributed by atoms with van der Waals surface area (Å²) in [6, 6.07) is -0.510. The second kappa shape index (κ2) is 8.48. The van der Waals surface area contributed by atoms with Crippen LogP contribution in [0.2, 0.25) is 0 Å². The fourth-order valence-corrected chi connectivity index (χ4v) is 2.61. The molecule has 1 aromatic rings. The number of nitrogens with one attached hydrogen (secondary N) is 2. The molecule has 0 aliphatic carbocycles. The van der Waals surface area contributed by atoms with Crippen molar-refractivity contribution >= 4 is 28.7 Å². The number of aromatic nitrogens is 1. The minimum Gasteiger partial charge on any atom is -0.444 e. The van der Waals surface area contributed by atoms with Gasteiger partial charge in [-0.25, -0.2) is 14.6 Å². The van der Waals surface area contributed by atoms with Crippen molar-refractivity contribution in [3.05, 3.63) is 11.1 Å². The average Bonchev–Trinajstić information content (AvgIpc) is 2.80. The van der Waals surface area contributed by atoms with E-state index in [9.17, 15) is 14.7 Å². The van der Waals surface area contributed by atoms with Gasteiger partial charge < -0.3 is 19.9 Å². The van der Waals surface area contributed by atoms with Crippen molar-refractivity contribution in [2.24, 2.45) is 0 Å². The molecule has 0 spiro atoms. The van der Waals surface area contributed by atoms with Crippen LogP contribution in [0.25, 0.3) is 0 Å². The first kappa shape index (κ1) is 21.2. The molecule has 0 radical (unpaired) electrons. The van der Waals surface area contributed by atoms with Crippen LogP contribution in [0.4, 0.5) is 14.7 Å². The maximum absolute atomic E-state index is 11.8. The molecule has 2 amide bonds. The van der Waals surface area contributed by atoms with Crippen LogP contribution in [0.3, 0.4) is 0 Å². The van der Waals surface area contributed by atoms with Gasteiger partial charge in [0.2, 0.25) is 0 Å². The number of thiazole rings is 1. The van der Waals surface area contributed by atoms with E-state index in [1.807, 2.05) is 0 Å². The Hall–Kier alpha value is -1.87. The van der Waals surface area contributed by atoms with Gasteiger partial charge in [-0.15, -0.1) is 11.3 Å². The highest BCUT2D eigenvalue weighted by Crippen LogP contribution is 2.20. The number of aliphatic hydroxyl groups is 1. The van der Waals surface area contributed by atoms with Crippen molar-refractivity contribution in [2.75, 3.05) is 11.9 Å². The van der Waals surface area contributed by atoms with Crippen LogP contribution in [-0.2, 0) is 15.9 Å². The van der Waals surface area contributed by atoms with E-state index >= 15 is 0 Å². The molecule has 25 heavy (non-hydrogen) atoms. The summed E-state index contributed by atoms with van der Waals surface area (Å²) in [6.07, 6.45) is 0.766. The van der Waals surface area contributed by atoms with E-state index in [0.29, 0.717) is 11.6 Å². The van der Waals surface area contributed by atoms with Crippen molar-refractivity contribution in [1.82, 2.24) is 10.3 Å². The molecule has 1 aromatic heterocycles. The monoisotopic (exact) mass is 373 g/mol. The number of rotatable bonds is 5. The third kappa shape index (κ3) is 9.25. The van der Waals surface area contributed by atoms with Crippen molar-refractivity contribution in [1.29, 1.82) is 0 Å². The van der Waals surface area contributed by atoms with Gasteiger partial charge >= 0.3 is 12.2 Å². The topological polar surface area (TPSA) is 110 Å². The lowest BCUT2D eigenvalue weighted by Crippen LogP contribution is -2.42. The second-order valence-corrected chi connectivity index (χ2v) is 8.60. The molecular weight excluding hydrogens is 346 g/mol. The van der Waals surface area contributed by atoms with Gasteiger partial charge in [-0.3, -0.25) is 5.32 Å². The Bertz CT molecular complexity index is 589. The number of carbonyl (C=O) groups excluding carboxylic acids is 2. The molecule has 1 heterocycles. The van der Waals surface area contributed by atoms with E-state index in [1.54, 1.807) is 47.7 Å². The van der Waals surface area contributed by atoms with Gasteiger partial charge in [-0.2, -0.15) is 0 Å². The predicted octanol–water partition coefficient (Wildman–Crippen LogP) is 2.92. The molecule has 0 saturated carbocycles. The van der Waals surface area contributed by atoms with Crippen LogP contribution in [0.15, 0.2) is 6.20 Å². The fourth-order valence-electron chi connectivity index (χ4n) is 1.73. The van der Waals surface area contributed by atoms with Crippen LogP contribution >= 0.6 is 11.3 Å². The second-order valence-electron chi connectivity index (χ2n) is 7.49. The van der Waals surface area contributed by atoms with E-state index < -0.39 is 29.4 Å². The van der Waals surface area contributed by atoms with Crippen molar-refractivity contribution in [3.63, 3.8) is 0 Å². The molecule has 3 N–H and O–H groups in total. The molecule has 142 valence electrons. The number of carbonyl (C=O) groups is 2. The third-order valence-corrected chi connectivity index (χ3v) is 3.49. The first-order valence-corrected chi connectivity index (χ1v) is 8.74. The molecule has 1 unspecified atom stereocenters. The minimum atomic E-state index is -0.612. The fraction of sp³-hybridized carbons (Fsp3) is 0.688. The molecule has 0 fully saturated rings. The highest BCUT2D eigenvalue weighted by Gasteiger charge is 2.21. The Morgan fingerprint density at radius 2 is 1.72 bits per heavy atom. The van der Waals surface area contributed by atoms with Crippen LogP contribution in [0.5, 0.6) is 0 Å². The number of alkyl carbamates (subject to hydrolysis) is 1. The lowest BCUT2D eigenvalue weighted by molar-refractivity contribution is 0.0482. The molecular formula is C16H27N3O5S. The number of hydrogen-bond donors (Lipinski definition) is 3. The maximum atomic E-state index is 11.8. The number of nitrogens with zero attached hydrogens (tertiary/aromatic N) is 1. The highest BCUT2D eigenvalue weighted by atomic mass is 32.1. The lowest BCUT2D eigenvalue weighted by atomic mass is 10.2. The van der Waals surface area contributed by atoms with Gasteiger partial charge in [0.05, 0.1) is 12.6 Å². The van der Waals surface area contributed by atoms with Crippen LogP contribution in [0.1, 0.15) is 46.4 Å². The quantitative estimate of drug-likeness (QED) is 0.732. The summed E-state index contributed by atoms with van der Waals surface area (Å²) >= 11 is 1.24. The summed E-state index contributed by atoms with van der Waals surface area (Å²) < 4.78 is 10.3. The number of hydrogen-bond acceptors (Lipinski definition) is 7. The molecule has 0 aliphatic rings. The Labute approximate surface area is 151 Å². The zero-order valence-electron chi connectivity index (χ0n) is 15.5. The first-order valence-electron chi connectivity index (χ1n) is 7.93. The number of anilines is 1. The SMILES string of the molecule is CC(C)(C)OC(=O)Nc1ncc(CC(CO)NC(=O)OC(C)(C)C)s1. The van der Waals surface area contributed by atoms with E-state index in [2.05, 4.69) is 15.6 Å². The summed E-state index contributed by atoms with van der Waals surface area (Å²) in [7, 11) is 0. The number of ether oxygens (including phenoxy) is 2. The number of aliphatic hydroxyl groups excluding tert-OH is 1. The van der Waals surface area contributed by atoms with Crippen molar-refractivity contribution in [3.8, 4) is 0 Å². The summed E-state index contributed by atoms with van der Waals surface area (Å²) in [5, 5.41) is 15.0. The van der Waals surface area contributed by atoms with Crippen LogP contribution in [0, 0.1) is 0 Å². The Balaban J connectivity index is 2.57. The Morgan fingerprint density at radius 1 is 1.16 bits per heavy atom. The zero-order chi connectivity index (χ0) is 19.3. The van der Waals surface area contributed by atoms with Crippen LogP contribution < -0.4 is 10.6 Å².